The number of carboxylic acids is 1. The normalized spacial score (nSPS) is 15.8. The fourth-order valence-corrected chi connectivity index (χ4v) is 7.73. The summed E-state index contributed by atoms with van der Waals surface area (Å²) in [5.74, 6) is -1.67. The van der Waals surface area contributed by atoms with Crippen molar-refractivity contribution in [3.8, 4) is 28.7 Å². The van der Waals surface area contributed by atoms with E-state index < -0.39 is 41.9 Å². The molecule has 2 aliphatic rings. The number of rotatable bonds is 11. The van der Waals surface area contributed by atoms with Gasteiger partial charge in [-0.3, -0.25) is 14.4 Å². The maximum Gasteiger partial charge on any atom is 0.326 e. The van der Waals surface area contributed by atoms with Gasteiger partial charge in [-0.15, -0.1) is 0 Å². The lowest BCUT2D eigenvalue weighted by Gasteiger charge is -2.37. The van der Waals surface area contributed by atoms with E-state index in [2.05, 4.69) is 16.7 Å². The number of nitrogens with zero attached hydrogens (tertiary/aromatic N) is 2. The number of ether oxygens (including phenoxy) is 2. The second kappa shape index (κ2) is 17.6. The maximum absolute atomic E-state index is 14.1. The highest BCUT2D eigenvalue weighted by molar-refractivity contribution is 6.42. The zero-order chi connectivity index (χ0) is 42.6. The Morgan fingerprint density at radius 1 is 0.852 bits per heavy atom. The van der Waals surface area contributed by atoms with Crippen LogP contribution in [-0.2, 0) is 40.4 Å². The minimum Gasteiger partial charge on any atom is -0.489 e. The minimum absolute atomic E-state index is 0.00279. The van der Waals surface area contributed by atoms with Crippen molar-refractivity contribution < 1.29 is 33.8 Å². The Labute approximate surface area is 361 Å². The SMILES string of the molecule is N#Cc1ccc(-c2ccc(C[C@H](NC(=O)C3Cc4cc5c(cc4CN3C(=O)c3ccccc3)O[C@@H](c3ccc(OCc4ccc(Cl)c(Cl)c4)cc3)C(=O)N5)C(=O)O)cc2)cc1. The van der Waals surface area contributed by atoms with Gasteiger partial charge in [0.2, 0.25) is 12.0 Å². The number of carbonyl (C=O) groups is 4. The summed E-state index contributed by atoms with van der Waals surface area (Å²) in [5.41, 5.74) is 6.64. The van der Waals surface area contributed by atoms with Crippen LogP contribution in [0.5, 0.6) is 11.5 Å². The fraction of sp³-hybridized carbons (Fsp3) is 0.146. The van der Waals surface area contributed by atoms with Gasteiger partial charge in [0.1, 0.15) is 30.2 Å². The fourth-order valence-electron chi connectivity index (χ4n) is 7.41. The number of aliphatic carboxylic acids is 1. The van der Waals surface area contributed by atoms with Crippen molar-refractivity contribution in [2.45, 2.75) is 44.2 Å². The van der Waals surface area contributed by atoms with Crippen LogP contribution in [0.4, 0.5) is 5.69 Å². The molecule has 3 N–H and O–H groups in total. The predicted molar refractivity (Wildman–Crippen MR) is 229 cm³/mol. The van der Waals surface area contributed by atoms with E-state index in [9.17, 15) is 24.3 Å². The zero-order valence-electron chi connectivity index (χ0n) is 32.3. The zero-order valence-corrected chi connectivity index (χ0v) is 33.8. The van der Waals surface area contributed by atoms with Crippen LogP contribution in [0.15, 0.2) is 133 Å². The average molecular weight is 852 g/mol. The molecule has 2 heterocycles. The third kappa shape index (κ3) is 9.06. The molecule has 0 bridgehead atoms. The molecule has 0 fully saturated rings. The molecule has 0 radical (unpaired) electrons. The van der Waals surface area contributed by atoms with Crippen molar-refractivity contribution in [1.29, 1.82) is 5.26 Å². The number of hydrogen-bond acceptors (Lipinski definition) is 7. The molecule has 6 aromatic carbocycles. The summed E-state index contributed by atoms with van der Waals surface area (Å²) in [6, 6.07) is 38.5. The number of nitriles is 1. The van der Waals surface area contributed by atoms with Crippen molar-refractivity contribution in [2.24, 2.45) is 0 Å². The number of fused-ring (bicyclic) bond motifs is 2. The molecule has 304 valence electrons. The van der Waals surface area contributed by atoms with Crippen molar-refractivity contribution in [2.75, 3.05) is 5.32 Å². The third-order valence-corrected chi connectivity index (χ3v) is 11.4. The summed E-state index contributed by atoms with van der Waals surface area (Å²) in [4.78, 5) is 55.7. The van der Waals surface area contributed by atoms with Crippen molar-refractivity contribution in [3.05, 3.63) is 182 Å². The number of carboxylic acid groups (broad SMARTS) is 1. The molecule has 11 nitrogen and oxygen atoms in total. The molecule has 0 saturated carbocycles. The number of hydrogen-bond donors (Lipinski definition) is 3. The van der Waals surface area contributed by atoms with Crippen molar-refractivity contribution in [1.82, 2.24) is 10.2 Å². The van der Waals surface area contributed by atoms with Gasteiger partial charge in [-0.05, 0) is 94.0 Å². The quantitative estimate of drug-likeness (QED) is 0.117. The molecule has 0 aliphatic carbocycles. The first kappa shape index (κ1) is 40.6. The van der Waals surface area contributed by atoms with Crippen LogP contribution in [0.1, 0.15) is 49.8 Å². The van der Waals surface area contributed by atoms with Crippen LogP contribution in [0, 0.1) is 11.3 Å². The Bertz CT molecular complexity index is 2690. The molecule has 61 heavy (non-hydrogen) atoms. The van der Waals surface area contributed by atoms with E-state index >= 15 is 0 Å². The first-order valence-electron chi connectivity index (χ1n) is 19.3. The number of halogens is 2. The Morgan fingerprint density at radius 3 is 2.21 bits per heavy atom. The Kier molecular flexibility index (Phi) is 11.7. The number of anilines is 1. The highest BCUT2D eigenvalue weighted by Gasteiger charge is 2.39. The summed E-state index contributed by atoms with van der Waals surface area (Å²) < 4.78 is 12.2. The molecule has 2 aliphatic heterocycles. The lowest BCUT2D eigenvalue weighted by Crippen LogP contribution is -2.56. The van der Waals surface area contributed by atoms with Gasteiger partial charge in [-0.1, -0.05) is 96.0 Å². The molecule has 8 rings (SSSR count). The number of carbonyl (C=O) groups excluding carboxylic acids is 3. The summed E-state index contributed by atoms with van der Waals surface area (Å²) in [6.07, 6.45) is -0.919. The Hall–Kier alpha value is -7.13. The van der Waals surface area contributed by atoms with Gasteiger partial charge in [-0.25, -0.2) is 4.79 Å². The van der Waals surface area contributed by atoms with Gasteiger partial charge in [0, 0.05) is 30.5 Å². The van der Waals surface area contributed by atoms with Gasteiger partial charge in [0.25, 0.3) is 11.8 Å². The maximum atomic E-state index is 14.1. The van der Waals surface area contributed by atoms with E-state index in [1.165, 1.54) is 4.90 Å². The van der Waals surface area contributed by atoms with Crippen molar-refractivity contribution in [3.63, 3.8) is 0 Å². The van der Waals surface area contributed by atoms with Crippen LogP contribution >= 0.6 is 23.2 Å². The van der Waals surface area contributed by atoms with E-state index in [1.54, 1.807) is 103 Å². The topological polar surface area (TPSA) is 158 Å². The molecule has 3 amide bonds. The van der Waals surface area contributed by atoms with Crippen LogP contribution in [-0.4, -0.2) is 45.8 Å². The molecule has 3 atom stereocenters. The largest absolute Gasteiger partial charge is 0.489 e. The highest BCUT2D eigenvalue weighted by atomic mass is 35.5. The highest BCUT2D eigenvalue weighted by Crippen LogP contribution is 2.40. The molecule has 1 unspecified atom stereocenters. The molecule has 13 heteroatoms. The molecular weight excluding hydrogens is 815 g/mol. The summed E-state index contributed by atoms with van der Waals surface area (Å²) >= 11 is 12.2. The van der Waals surface area contributed by atoms with E-state index in [0.717, 1.165) is 16.7 Å². The van der Waals surface area contributed by atoms with Gasteiger partial charge in [0.05, 0.1) is 27.4 Å². The lowest BCUT2D eigenvalue weighted by molar-refractivity contribution is -0.142. The van der Waals surface area contributed by atoms with Gasteiger partial charge in [0.15, 0.2) is 0 Å². The number of amides is 3. The molecule has 0 spiro atoms. The molecule has 6 aromatic rings. The van der Waals surface area contributed by atoms with E-state index in [4.69, 9.17) is 37.9 Å². The van der Waals surface area contributed by atoms with E-state index in [1.807, 2.05) is 30.3 Å². The predicted octanol–water partition coefficient (Wildman–Crippen LogP) is 8.56. The second-order valence-corrected chi connectivity index (χ2v) is 15.5. The van der Waals surface area contributed by atoms with E-state index in [-0.39, 0.29) is 26.0 Å². The Morgan fingerprint density at radius 2 is 1.54 bits per heavy atom. The van der Waals surface area contributed by atoms with Crippen LogP contribution in [0.25, 0.3) is 11.1 Å². The van der Waals surface area contributed by atoms with Gasteiger partial charge in [-0.2, -0.15) is 5.26 Å². The van der Waals surface area contributed by atoms with E-state index in [0.29, 0.717) is 60.6 Å². The lowest BCUT2D eigenvalue weighted by atomic mass is 9.91. The smallest absolute Gasteiger partial charge is 0.326 e. The molecular formula is C48H36Cl2N4O7. The molecule has 0 aromatic heterocycles. The molecule has 0 saturated heterocycles. The van der Waals surface area contributed by atoms with Gasteiger partial charge >= 0.3 is 5.97 Å². The standard InChI is InChI=1S/C48H36Cl2N4O7/c49-38-19-10-30(20-39(38)50)27-60-37-17-15-33(16-18-37)44-46(56)52-40-22-35-23-42(54(26-36(35)24-43(40)61-44)47(57)34-4-2-1-3-5-34)45(55)53-41(48(58)59)21-28-6-11-31(12-7-28)32-13-8-29(25-51)9-14-32/h1-20,22,24,41-42,44H,21,23,26-27H2,(H,52,56)(H,53,55)(H,58,59)/t41-,42?,44-/m0/s1. The monoisotopic (exact) mass is 850 g/mol. The van der Waals surface area contributed by atoms with Crippen LogP contribution < -0.4 is 20.1 Å². The second-order valence-electron chi connectivity index (χ2n) is 14.7. The summed E-state index contributed by atoms with van der Waals surface area (Å²) in [6.45, 7) is 0.286. The summed E-state index contributed by atoms with van der Waals surface area (Å²) in [7, 11) is 0. The number of benzene rings is 6. The third-order valence-electron chi connectivity index (χ3n) is 10.7. The van der Waals surface area contributed by atoms with Crippen LogP contribution in [0.2, 0.25) is 10.0 Å². The number of nitrogens with one attached hydrogen (secondary N) is 2. The van der Waals surface area contributed by atoms with Crippen molar-refractivity contribution >= 4 is 52.6 Å². The van der Waals surface area contributed by atoms with Gasteiger partial charge < -0.3 is 30.1 Å². The first-order valence-corrected chi connectivity index (χ1v) is 20.1. The average Bonchev–Trinajstić information content (AvgIpc) is 3.28. The minimum atomic E-state index is -1.29. The van der Waals surface area contributed by atoms with Crippen LogP contribution in [0.3, 0.4) is 0 Å². The Balaban J connectivity index is 0.991. The summed E-state index contributed by atoms with van der Waals surface area (Å²) in [5, 5.41) is 25.9. The first-order chi connectivity index (χ1) is 29.5.